The molecule has 0 bridgehead atoms. The number of carbonyl (C=O) groups excluding carboxylic acids is 2. The average molecular weight is 360 g/mol. The number of carbonyl (C=O) groups is 3. The second-order valence-electron chi connectivity index (χ2n) is 7.43. The molecule has 0 radical (unpaired) electrons. The van der Waals surface area contributed by atoms with Gasteiger partial charge in [0.05, 0.1) is 5.41 Å². The summed E-state index contributed by atoms with van der Waals surface area (Å²) in [5.41, 5.74) is 0.116. The van der Waals surface area contributed by atoms with Crippen LogP contribution in [0, 0.1) is 5.41 Å². The Kier molecular flexibility index (Phi) is 6.77. The van der Waals surface area contributed by atoms with Gasteiger partial charge < -0.3 is 15.7 Å². The molecule has 0 saturated heterocycles. The topological polar surface area (TPSA) is 95.5 Å². The van der Waals surface area contributed by atoms with Crippen LogP contribution in [0.2, 0.25) is 0 Å². The first kappa shape index (κ1) is 19.9. The zero-order valence-corrected chi connectivity index (χ0v) is 15.5. The van der Waals surface area contributed by atoms with Gasteiger partial charge in [0.2, 0.25) is 5.91 Å². The molecule has 0 spiro atoms. The summed E-state index contributed by atoms with van der Waals surface area (Å²) in [5.74, 6) is -1.34. The van der Waals surface area contributed by atoms with Crippen LogP contribution in [-0.2, 0) is 9.59 Å². The van der Waals surface area contributed by atoms with Crippen molar-refractivity contribution >= 4 is 23.5 Å². The van der Waals surface area contributed by atoms with E-state index < -0.39 is 11.4 Å². The molecule has 26 heavy (non-hydrogen) atoms. The molecular formula is C20H28N2O4. The van der Waals surface area contributed by atoms with Gasteiger partial charge in [-0.15, -0.1) is 0 Å². The normalized spacial score (nSPS) is 16.6. The summed E-state index contributed by atoms with van der Waals surface area (Å²) in [6, 6.07) is 6.66. The predicted octanol–water partition coefficient (Wildman–Crippen LogP) is 3.58. The molecule has 142 valence electrons. The smallest absolute Gasteiger partial charge is 0.310 e. The van der Waals surface area contributed by atoms with Crippen molar-refractivity contribution < 1.29 is 19.5 Å². The highest BCUT2D eigenvalue weighted by Crippen LogP contribution is 2.38. The second-order valence-corrected chi connectivity index (χ2v) is 7.43. The standard InChI is InChI=1S/C20H28N2O4/c1-14(2)21-18(24)15-7-9-16(10-8-15)22-17(23)13-20(19(25)26)11-5-3-4-6-12-20/h7-10,14H,3-6,11-13H2,1-2H3,(H,21,24)(H,22,23)(H,25,26). The number of amides is 2. The molecule has 1 aromatic rings. The van der Waals surface area contributed by atoms with E-state index in [1.165, 1.54) is 0 Å². The minimum atomic E-state index is -0.961. The molecule has 1 fully saturated rings. The minimum Gasteiger partial charge on any atom is -0.481 e. The van der Waals surface area contributed by atoms with Gasteiger partial charge in [-0.1, -0.05) is 25.7 Å². The van der Waals surface area contributed by atoms with Crippen LogP contribution >= 0.6 is 0 Å². The Balaban J connectivity index is 2.00. The molecular weight excluding hydrogens is 332 g/mol. The van der Waals surface area contributed by atoms with E-state index in [1.807, 2.05) is 13.8 Å². The molecule has 0 aliphatic heterocycles. The summed E-state index contributed by atoms with van der Waals surface area (Å²) in [4.78, 5) is 36.2. The van der Waals surface area contributed by atoms with E-state index in [9.17, 15) is 19.5 Å². The van der Waals surface area contributed by atoms with E-state index in [0.717, 1.165) is 25.7 Å². The quantitative estimate of drug-likeness (QED) is 0.676. The van der Waals surface area contributed by atoms with Crippen LogP contribution in [0.1, 0.15) is 69.2 Å². The van der Waals surface area contributed by atoms with Crippen molar-refractivity contribution in [3.05, 3.63) is 29.8 Å². The van der Waals surface area contributed by atoms with Crippen LogP contribution in [0.25, 0.3) is 0 Å². The van der Waals surface area contributed by atoms with E-state index in [1.54, 1.807) is 24.3 Å². The van der Waals surface area contributed by atoms with Crippen molar-refractivity contribution in [3.8, 4) is 0 Å². The average Bonchev–Trinajstić information content (AvgIpc) is 2.81. The molecule has 2 rings (SSSR count). The summed E-state index contributed by atoms with van der Waals surface area (Å²) < 4.78 is 0. The van der Waals surface area contributed by atoms with Gasteiger partial charge in [0.15, 0.2) is 0 Å². The maximum Gasteiger partial charge on any atom is 0.310 e. The molecule has 3 N–H and O–H groups in total. The van der Waals surface area contributed by atoms with E-state index in [0.29, 0.717) is 24.1 Å². The fourth-order valence-electron chi connectivity index (χ4n) is 3.43. The molecule has 0 aromatic heterocycles. The third-order valence-corrected chi connectivity index (χ3v) is 4.86. The number of carboxylic acids is 1. The van der Waals surface area contributed by atoms with Crippen LogP contribution in [0.3, 0.4) is 0 Å². The summed E-state index contributed by atoms with van der Waals surface area (Å²) in [6.07, 6.45) is 4.82. The Bertz CT molecular complexity index is 644. The number of anilines is 1. The van der Waals surface area contributed by atoms with Gasteiger partial charge in [-0.05, 0) is 51.0 Å². The Morgan fingerprint density at radius 2 is 1.62 bits per heavy atom. The lowest BCUT2D eigenvalue weighted by Gasteiger charge is -2.27. The van der Waals surface area contributed by atoms with Gasteiger partial charge in [-0.2, -0.15) is 0 Å². The molecule has 1 aliphatic carbocycles. The molecule has 0 atom stereocenters. The number of nitrogens with one attached hydrogen (secondary N) is 2. The van der Waals surface area contributed by atoms with Gasteiger partial charge in [0.25, 0.3) is 5.91 Å². The van der Waals surface area contributed by atoms with E-state index >= 15 is 0 Å². The highest BCUT2D eigenvalue weighted by atomic mass is 16.4. The summed E-state index contributed by atoms with van der Waals surface area (Å²) in [6.45, 7) is 3.77. The molecule has 2 amide bonds. The largest absolute Gasteiger partial charge is 0.481 e. The Morgan fingerprint density at radius 1 is 1.04 bits per heavy atom. The Hall–Kier alpha value is -2.37. The lowest BCUT2D eigenvalue weighted by molar-refractivity contribution is -0.152. The van der Waals surface area contributed by atoms with Crippen molar-refractivity contribution in [2.24, 2.45) is 5.41 Å². The highest BCUT2D eigenvalue weighted by molar-refractivity contribution is 5.96. The first-order valence-corrected chi connectivity index (χ1v) is 9.26. The van der Waals surface area contributed by atoms with Gasteiger partial charge in [0, 0.05) is 23.7 Å². The second kappa shape index (κ2) is 8.83. The summed E-state index contributed by atoms with van der Waals surface area (Å²) in [5, 5.41) is 15.2. The molecule has 0 unspecified atom stereocenters. The molecule has 6 nitrogen and oxygen atoms in total. The zero-order valence-electron chi connectivity index (χ0n) is 15.5. The number of benzene rings is 1. The summed E-state index contributed by atoms with van der Waals surface area (Å²) >= 11 is 0. The van der Waals surface area contributed by atoms with Crippen molar-refractivity contribution in [1.82, 2.24) is 5.32 Å². The number of carboxylic acid groups (broad SMARTS) is 1. The third kappa shape index (κ3) is 5.31. The minimum absolute atomic E-state index is 0.0160. The van der Waals surface area contributed by atoms with E-state index in [2.05, 4.69) is 10.6 Å². The van der Waals surface area contributed by atoms with Gasteiger partial charge in [-0.25, -0.2) is 0 Å². The maximum atomic E-state index is 12.4. The zero-order chi connectivity index (χ0) is 19.2. The lowest BCUT2D eigenvalue weighted by atomic mass is 9.77. The first-order chi connectivity index (χ1) is 12.3. The monoisotopic (exact) mass is 360 g/mol. The van der Waals surface area contributed by atoms with E-state index in [-0.39, 0.29) is 24.3 Å². The van der Waals surface area contributed by atoms with Gasteiger partial charge in [-0.3, -0.25) is 14.4 Å². The highest BCUT2D eigenvalue weighted by Gasteiger charge is 2.40. The van der Waals surface area contributed by atoms with Crippen molar-refractivity contribution in [1.29, 1.82) is 0 Å². The molecule has 0 heterocycles. The number of aliphatic carboxylic acids is 1. The number of rotatable bonds is 6. The third-order valence-electron chi connectivity index (χ3n) is 4.86. The van der Waals surface area contributed by atoms with Crippen molar-refractivity contribution in [2.45, 2.75) is 64.8 Å². The first-order valence-electron chi connectivity index (χ1n) is 9.26. The maximum absolute atomic E-state index is 12.4. The molecule has 1 aliphatic rings. The predicted molar refractivity (Wildman–Crippen MR) is 100 cm³/mol. The number of hydrogen-bond donors (Lipinski definition) is 3. The van der Waals surface area contributed by atoms with Gasteiger partial charge >= 0.3 is 5.97 Å². The van der Waals surface area contributed by atoms with Crippen LogP contribution in [0.4, 0.5) is 5.69 Å². The van der Waals surface area contributed by atoms with Crippen molar-refractivity contribution in [2.75, 3.05) is 5.32 Å². The van der Waals surface area contributed by atoms with Gasteiger partial charge in [0.1, 0.15) is 0 Å². The van der Waals surface area contributed by atoms with Crippen LogP contribution in [-0.4, -0.2) is 28.9 Å². The van der Waals surface area contributed by atoms with Crippen LogP contribution < -0.4 is 10.6 Å². The Morgan fingerprint density at radius 3 is 2.12 bits per heavy atom. The van der Waals surface area contributed by atoms with Crippen LogP contribution in [0.15, 0.2) is 24.3 Å². The fourth-order valence-corrected chi connectivity index (χ4v) is 3.43. The molecule has 6 heteroatoms. The SMILES string of the molecule is CC(C)NC(=O)c1ccc(NC(=O)CC2(C(=O)O)CCCCCC2)cc1. The number of hydrogen-bond acceptors (Lipinski definition) is 3. The Labute approximate surface area is 154 Å². The molecule has 1 aromatic carbocycles. The molecule has 1 saturated carbocycles. The van der Waals surface area contributed by atoms with E-state index in [4.69, 9.17) is 0 Å². The lowest BCUT2D eigenvalue weighted by Crippen LogP contribution is -2.35. The van der Waals surface area contributed by atoms with Crippen LogP contribution in [0.5, 0.6) is 0 Å². The fraction of sp³-hybridized carbons (Fsp3) is 0.550. The summed E-state index contributed by atoms with van der Waals surface area (Å²) in [7, 11) is 0. The van der Waals surface area contributed by atoms with Crippen molar-refractivity contribution in [3.63, 3.8) is 0 Å².